The highest BCUT2D eigenvalue weighted by Crippen LogP contribution is 2.60. The van der Waals surface area contributed by atoms with E-state index in [0.717, 1.165) is 44.1 Å². The fourth-order valence-corrected chi connectivity index (χ4v) is 6.41. The second kappa shape index (κ2) is 7.21. The van der Waals surface area contributed by atoms with Crippen LogP contribution in [0, 0.1) is 17.3 Å². The first-order valence-corrected chi connectivity index (χ1v) is 11.3. The Morgan fingerprint density at radius 3 is 2.46 bits per heavy atom. The zero-order chi connectivity index (χ0) is 20.2. The van der Waals surface area contributed by atoms with Gasteiger partial charge in [-0.25, -0.2) is 0 Å². The summed E-state index contributed by atoms with van der Waals surface area (Å²) in [7, 11) is 0. The van der Waals surface area contributed by atoms with Crippen molar-refractivity contribution >= 4 is 5.78 Å². The smallest absolute Gasteiger partial charge is 0.166 e. The van der Waals surface area contributed by atoms with Crippen LogP contribution in [0.3, 0.4) is 0 Å². The van der Waals surface area contributed by atoms with Crippen molar-refractivity contribution in [3.05, 3.63) is 11.1 Å². The molecular formula is C24H38O4. The van der Waals surface area contributed by atoms with Crippen molar-refractivity contribution in [2.24, 2.45) is 17.3 Å². The monoisotopic (exact) mass is 390 g/mol. The van der Waals surface area contributed by atoms with Crippen molar-refractivity contribution < 1.29 is 19.0 Å². The first-order chi connectivity index (χ1) is 13.1. The van der Waals surface area contributed by atoms with Crippen LogP contribution in [0.15, 0.2) is 11.1 Å². The highest BCUT2D eigenvalue weighted by molar-refractivity contribution is 5.97. The Labute approximate surface area is 170 Å². The highest BCUT2D eigenvalue weighted by Gasteiger charge is 2.55. The second-order valence-corrected chi connectivity index (χ2v) is 10.8. The number of allylic oxidation sites excluding steroid dienone is 2. The molecule has 0 unspecified atom stereocenters. The molecule has 0 aromatic rings. The standard InChI is InChI=1S/C24H38O4/c1-22(2,3)28-21-9-7-19-17-6-8-20(25)18(16(17)10-12-23(19,21)4)11-13-24(5)26-14-15-27-24/h17,19,21H,6-15H2,1-5H3/t17-,19+,21+,23+/m0/s1. The van der Waals surface area contributed by atoms with Gasteiger partial charge in [0.1, 0.15) is 0 Å². The van der Waals surface area contributed by atoms with Crippen LogP contribution < -0.4 is 0 Å². The van der Waals surface area contributed by atoms with Crippen molar-refractivity contribution in [3.8, 4) is 0 Å². The van der Waals surface area contributed by atoms with E-state index in [0.29, 0.717) is 43.4 Å². The predicted octanol–water partition coefficient (Wildman–Crippen LogP) is 5.20. The molecule has 4 aliphatic rings. The van der Waals surface area contributed by atoms with E-state index in [1.54, 1.807) is 0 Å². The molecule has 0 aromatic carbocycles. The average molecular weight is 391 g/mol. The molecule has 0 spiro atoms. The lowest BCUT2D eigenvalue weighted by Gasteiger charge is -2.49. The maximum atomic E-state index is 12.8. The summed E-state index contributed by atoms with van der Waals surface area (Å²) in [6.45, 7) is 12.3. The number of hydrogen-bond acceptors (Lipinski definition) is 4. The van der Waals surface area contributed by atoms with Crippen molar-refractivity contribution in [2.45, 2.75) is 103 Å². The molecule has 0 aromatic heterocycles. The van der Waals surface area contributed by atoms with Crippen LogP contribution in [0.25, 0.3) is 0 Å². The van der Waals surface area contributed by atoms with Gasteiger partial charge < -0.3 is 14.2 Å². The lowest BCUT2D eigenvalue weighted by Crippen LogP contribution is -2.45. The molecule has 3 aliphatic carbocycles. The number of fused-ring (bicyclic) bond motifs is 3. The van der Waals surface area contributed by atoms with E-state index in [4.69, 9.17) is 14.2 Å². The highest BCUT2D eigenvalue weighted by atomic mass is 16.7. The molecule has 1 saturated heterocycles. The number of carbonyl (C=O) groups is 1. The minimum Gasteiger partial charge on any atom is -0.372 e. The van der Waals surface area contributed by atoms with Crippen LogP contribution in [0.5, 0.6) is 0 Å². The average Bonchev–Trinajstić information content (AvgIpc) is 3.17. The lowest BCUT2D eigenvalue weighted by molar-refractivity contribution is -0.146. The number of Topliss-reactive ketones (excluding diaryl/α,β-unsaturated/α-hetero) is 1. The first kappa shape index (κ1) is 20.6. The molecule has 0 N–H and O–H groups in total. The summed E-state index contributed by atoms with van der Waals surface area (Å²) in [4.78, 5) is 12.8. The van der Waals surface area contributed by atoms with Crippen molar-refractivity contribution in [1.82, 2.24) is 0 Å². The molecular weight excluding hydrogens is 352 g/mol. The summed E-state index contributed by atoms with van der Waals surface area (Å²) in [6.07, 6.45) is 8.26. The van der Waals surface area contributed by atoms with Gasteiger partial charge in [-0.2, -0.15) is 0 Å². The van der Waals surface area contributed by atoms with Gasteiger partial charge in [0.2, 0.25) is 0 Å². The molecule has 0 amide bonds. The molecule has 158 valence electrons. The van der Waals surface area contributed by atoms with Crippen LogP contribution in [-0.2, 0) is 19.0 Å². The third-order valence-corrected chi connectivity index (χ3v) is 7.82. The molecule has 0 radical (unpaired) electrons. The van der Waals surface area contributed by atoms with Gasteiger partial charge in [-0.05, 0) is 89.0 Å². The topological polar surface area (TPSA) is 44.8 Å². The van der Waals surface area contributed by atoms with Crippen LogP contribution in [0.4, 0.5) is 0 Å². The molecule has 4 nitrogen and oxygen atoms in total. The minimum atomic E-state index is -0.511. The van der Waals surface area contributed by atoms with Crippen LogP contribution in [-0.4, -0.2) is 36.5 Å². The van der Waals surface area contributed by atoms with E-state index in [1.807, 2.05) is 6.92 Å². The van der Waals surface area contributed by atoms with E-state index in [2.05, 4.69) is 27.7 Å². The number of ether oxygens (including phenoxy) is 3. The Morgan fingerprint density at radius 2 is 1.79 bits per heavy atom. The van der Waals surface area contributed by atoms with Gasteiger partial charge in [-0.1, -0.05) is 12.5 Å². The Morgan fingerprint density at radius 1 is 1.07 bits per heavy atom. The fraction of sp³-hybridized carbons (Fsp3) is 0.875. The normalized spacial score (nSPS) is 37.9. The lowest BCUT2D eigenvalue weighted by atomic mass is 9.58. The van der Waals surface area contributed by atoms with Gasteiger partial charge in [0.05, 0.1) is 24.9 Å². The first-order valence-electron chi connectivity index (χ1n) is 11.3. The summed E-state index contributed by atoms with van der Waals surface area (Å²) in [5.41, 5.74) is 2.73. The van der Waals surface area contributed by atoms with Gasteiger partial charge in [-0.15, -0.1) is 0 Å². The van der Waals surface area contributed by atoms with Crippen LogP contribution in [0.1, 0.15) is 86.0 Å². The summed E-state index contributed by atoms with van der Waals surface area (Å²) in [6, 6.07) is 0. The van der Waals surface area contributed by atoms with Crippen molar-refractivity contribution in [1.29, 1.82) is 0 Å². The third-order valence-electron chi connectivity index (χ3n) is 7.82. The Balaban J connectivity index is 1.54. The summed E-state index contributed by atoms with van der Waals surface area (Å²) in [5.74, 6) is 1.08. The Hall–Kier alpha value is -0.710. The SMILES string of the molecule is CC(C)(C)O[C@@H]1CC[C@@H]2[C@H]3CCC(=O)C(CCC4(C)OCCO4)=C3CC[C@]21C. The fourth-order valence-electron chi connectivity index (χ4n) is 6.41. The molecule has 1 heterocycles. The van der Waals surface area contributed by atoms with Crippen molar-refractivity contribution in [2.75, 3.05) is 13.2 Å². The van der Waals surface area contributed by atoms with E-state index in [-0.39, 0.29) is 11.0 Å². The minimum absolute atomic E-state index is 0.0941. The van der Waals surface area contributed by atoms with E-state index >= 15 is 0 Å². The molecule has 4 atom stereocenters. The van der Waals surface area contributed by atoms with Gasteiger partial charge in [0, 0.05) is 12.8 Å². The Bertz CT molecular complexity index is 652. The maximum Gasteiger partial charge on any atom is 0.166 e. The molecule has 3 fully saturated rings. The summed E-state index contributed by atoms with van der Waals surface area (Å²) >= 11 is 0. The zero-order valence-electron chi connectivity index (χ0n) is 18.4. The molecule has 0 bridgehead atoms. The number of hydrogen-bond donors (Lipinski definition) is 0. The second-order valence-electron chi connectivity index (χ2n) is 10.8. The molecule has 28 heavy (non-hydrogen) atoms. The Kier molecular flexibility index (Phi) is 5.29. The molecule has 2 saturated carbocycles. The molecule has 4 heteroatoms. The predicted molar refractivity (Wildman–Crippen MR) is 109 cm³/mol. The van der Waals surface area contributed by atoms with Gasteiger partial charge in [0.15, 0.2) is 11.6 Å². The van der Waals surface area contributed by atoms with Gasteiger partial charge >= 0.3 is 0 Å². The van der Waals surface area contributed by atoms with Crippen LogP contribution in [0.2, 0.25) is 0 Å². The van der Waals surface area contributed by atoms with E-state index < -0.39 is 5.79 Å². The number of carbonyl (C=O) groups excluding carboxylic acids is 1. The third kappa shape index (κ3) is 3.73. The quantitative estimate of drug-likeness (QED) is 0.662. The van der Waals surface area contributed by atoms with Gasteiger partial charge in [0.25, 0.3) is 0 Å². The summed E-state index contributed by atoms with van der Waals surface area (Å²) < 4.78 is 18.1. The number of rotatable bonds is 4. The zero-order valence-corrected chi connectivity index (χ0v) is 18.4. The number of ketones is 1. The van der Waals surface area contributed by atoms with Gasteiger partial charge in [-0.3, -0.25) is 4.79 Å². The molecule has 4 rings (SSSR count). The van der Waals surface area contributed by atoms with Crippen molar-refractivity contribution in [3.63, 3.8) is 0 Å². The van der Waals surface area contributed by atoms with Crippen LogP contribution >= 0.6 is 0 Å². The molecule has 1 aliphatic heterocycles. The maximum absolute atomic E-state index is 12.8. The largest absolute Gasteiger partial charge is 0.372 e. The summed E-state index contributed by atoms with van der Waals surface area (Å²) in [5, 5.41) is 0. The van der Waals surface area contributed by atoms with E-state index in [1.165, 1.54) is 12.0 Å². The van der Waals surface area contributed by atoms with E-state index in [9.17, 15) is 4.79 Å².